The number of fused-ring (bicyclic) bond motifs is 1. The summed E-state index contributed by atoms with van der Waals surface area (Å²) in [5.74, 6) is -0.331. The normalized spacial score (nSPS) is 12.6. The molecule has 0 fully saturated rings. The SMILES string of the molecule is CCC(CC)n1c(Cc2cscn2)nc2cc(C(=O)NC(CC(C)C)C(=O)O)ccc21. The van der Waals surface area contributed by atoms with Gasteiger partial charge in [0.2, 0.25) is 0 Å². The number of carboxylic acid groups (broad SMARTS) is 1. The molecule has 0 aliphatic heterocycles. The molecule has 2 aromatic heterocycles. The number of rotatable bonds is 10. The summed E-state index contributed by atoms with van der Waals surface area (Å²) in [5.41, 5.74) is 4.92. The topological polar surface area (TPSA) is 97.1 Å². The first-order chi connectivity index (χ1) is 14.8. The highest BCUT2D eigenvalue weighted by Crippen LogP contribution is 2.27. The molecule has 2 N–H and O–H groups in total. The number of carbonyl (C=O) groups is 2. The first-order valence-electron chi connectivity index (χ1n) is 10.8. The van der Waals surface area contributed by atoms with E-state index in [2.05, 4.69) is 28.7 Å². The van der Waals surface area contributed by atoms with Gasteiger partial charge in [-0.25, -0.2) is 14.8 Å². The van der Waals surface area contributed by atoms with Gasteiger partial charge in [0.15, 0.2) is 0 Å². The van der Waals surface area contributed by atoms with Crippen molar-refractivity contribution in [1.29, 1.82) is 0 Å². The lowest BCUT2D eigenvalue weighted by Crippen LogP contribution is -2.41. The van der Waals surface area contributed by atoms with Crippen molar-refractivity contribution in [3.05, 3.63) is 46.2 Å². The van der Waals surface area contributed by atoms with Crippen LogP contribution in [-0.4, -0.2) is 37.6 Å². The third-order valence-electron chi connectivity index (χ3n) is 5.47. The van der Waals surface area contributed by atoms with Crippen molar-refractivity contribution in [3.63, 3.8) is 0 Å². The number of aliphatic carboxylic acids is 1. The number of imidazole rings is 1. The second-order valence-electron chi connectivity index (χ2n) is 8.22. The average molecular weight is 443 g/mol. The van der Waals surface area contributed by atoms with E-state index < -0.39 is 17.9 Å². The fraction of sp³-hybridized carbons (Fsp3) is 0.478. The van der Waals surface area contributed by atoms with Crippen molar-refractivity contribution < 1.29 is 14.7 Å². The van der Waals surface area contributed by atoms with Crippen LogP contribution in [0.2, 0.25) is 0 Å². The molecule has 1 unspecified atom stereocenters. The van der Waals surface area contributed by atoms with Crippen molar-refractivity contribution in [2.45, 2.75) is 65.5 Å². The summed E-state index contributed by atoms with van der Waals surface area (Å²) in [4.78, 5) is 33.5. The molecule has 31 heavy (non-hydrogen) atoms. The van der Waals surface area contributed by atoms with Crippen LogP contribution >= 0.6 is 11.3 Å². The molecule has 7 nitrogen and oxygen atoms in total. The van der Waals surface area contributed by atoms with Crippen LogP contribution in [0.5, 0.6) is 0 Å². The number of carboxylic acids is 1. The van der Waals surface area contributed by atoms with E-state index in [0.717, 1.165) is 35.4 Å². The third-order valence-corrected chi connectivity index (χ3v) is 6.10. The Hall–Kier alpha value is -2.74. The summed E-state index contributed by atoms with van der Waals surface area (Å²) in [6, 6.07) is 4.81. The lowest BCUT2D eigenvalue weighted by Gasteiger charge is -2.19. The molecule has 3 rings (SSSR count). The molecule has 1 aromatic carbocycles. The number of hydrogen-bond donors (Lipinski definition) is 2. The molecule has 3 aromatic rings. The Labute approximate surface area is 186 Å². The number of hydrogen-bond acceptors (Lipinski definition) is 5. The molecule has 0 aliphatic carbocycles. The van der Waals surface area contributed by atoms with Gasteiger partial charge >= 0.3 is 5.97 Å². The molecule has 0 aliphatic rings. The Bertz CT molecular complexity index is 1040. The van der Waals surface area contributed by atoms with Gasteiger partial charge in [-0.2, -0.15) is 0 Å². The highest BCUT2D eigenvalue weighted by Gasteiger charge is 2.23. The first-order valence-corrected chi connectivity index (χ1v) is 11.7. The number of amides is 1. The maximum Gasteiger partial charge on any atom is 0.326 e. The largest absolute Gasteiger partial charge is 0.480 e. The predicted octanol–water partition coefficient (Wildman–Crippen LogP) is 4.67. The van der Waals surface area contributed by atoms with Crippen molar-refractivity contribution in [2.24, 2.45) is 5.92 Å². The zero-order chi connectivity index (χ0) is 22.5. The minimum atomic E-state index is -1.02. The predicted molar refractivity (Wildman–Crippen MR) is 123 cm³/mol. The van der Waals surface area contributed by atoms with Gasteiger partial charge in [-0.3, -0.25) is 4.79 Å². The van der Waals surface area contributed by atoms with Crippen LogP contribution in [-0.2, 0) is 11.2 Å². The molecule has 0 saturated carbocycles. The molecule has 8 heteroatoms. The molecule has 2 heterocycles. The fourth-order valence-corrected chi connectivity index (χ4v) is 4.46. The second kappa shape index (κ2) is 10.0. The Morgan fingerprint density at radius 2 is 1.97 bits per heavy atom. The lowest BCUT2D eigenvalue weighted by atomic mass is 10.0. The van der Waals surface area contributed by atoms with Gasteiger partial charge in [-0.05, 0) is 43.4 Å². The maximum absolute atomic E-state index is 12.8. The molecular weight excluding hydrogens is 412 g/mol. The number of carbonyl (C=O) groups excluding carboxylic acids is 1. The molecule has 0 saturated heterocycles. The summed E-state index contributed by atoms with van der Waals surface area (Å²) in [7, 11) is 0. The van der Waals surface area contributed by atoms with Crippen LogP contribution < -0.4 is 5.32 Å². The van der Waals surface area contributed by atoms with E-state index in [-0.39, 0.29) is 5.92 Å². The Kier molecular flexibility index (Phi) is 7.43. The van der Waals surface area contributed by atoms with Crippen molar-refractivity contribution >= 4 is 34.2 Å². The number of nitrogens with one attached hydrogen (secondary N) is 1. The average Bonchev–Trinajstić information content (AvgIpc) is 3.36. The van der Waals surface area contributed by atoms with E-state index in [4.69, 9.17) is 4.98 Å². The first kappa shape index (κ1) is 22.9. The van der Waals surface area contributed by atoms with Gasteiger partial charge in [-0.1, -0.05) is 27.7 Å². The molecule has 0 radical (unpaired) electrons. The van der Waals surface area contributed by atoms with Crippen molar-refractivity contribution in [3.8, 4) is 0 Å². The summed E-state index contributed by atoms with van der Waals surface area (Å²) < 4.78 is 2.26. The number of nitrogens with zero attached hydrogens (tertiary/aromatic N) is 3. The molecule has 1 amide bonds. The van der Waals surface area contributed by atoms with E-state index >= 15 is 0 Å². The second-order valence-corrected chi connectivity index (χ2v) is 8.94. The molecule has 0 bridgehead atoms. The van der Waals surface area contributed by atoms with Gasteiger partial charge in [-0.15, -0.1) is 11.3 Å². The maximum atomic E-state index is 12.8. The minimum Gasteiger partial charge on any atom is -0.480 e. The van der Waals surface area contributed by atoms with Gasteiger partial charge < -0.3 is 15.0 Å². The molecular formula is C23H30N4O3S. The zero-order valence-electron chi connectivity index (χ0n) is 18.5. The van der Waals surface area contributed by atoms with Crippen LogP contribution in [0.1, 0.15) is 74.9 Å². The fourth-order valence-electron chi connectivity index (χ4n) is 3.90. The summed E-state index contributed by atoms with van der Waals surface area (Å²) in [6.45, 7) is 8.19. The minimum absolute atomic E-state index is 0.160. The van der Waals surface area contributed by atoms with Gasteiger partial charge in [0.25, 0.3) is 5.91 Å². The van der Waals surface area contributed by atoms with Crippen molar-refractivity contribution in [1.82, 2.24) is 19.9 Å². The summed E-state index contributed by atoms with van der Waals surface area (Å²) >= 11 is 1.56. The smallest absolute Gasteiger partial charge is 0.326 e. The Morgan fingerprint density at radius 1 is 1.23 bits per heavy atom. The quantitative estimate of drug-likeness (QED) is 0.475. The van der Waals surface area contributed by atoms with Crippen LogP contribution in [0.4, 0.5) is 0 Å². The van der Waals surface area contributed by atoms with E-state index in [1.807, 2.05) is 30.8 Å². The van der Waals surface area contributed by atoms with Crippen LogP contribution in [0.15, 0.2) is 29.1 Å². The van der Waals surface area contributed by atoms with E-state index in [1.54, 1.807) is 23.5 Å². The zero-order valence-corrected chi connectivity index (χ0v) is 19.3. The van der Waals surface area contributed by atoms with E-state index in [9.17, 15) is 14.7 Å². The molecule has 0 spiro atoms. The number of aromatic nitrogens is 3. The Balaban J connectivity index is 1.96. The van der Waals surface area contributed by atoms with Crippen LogP contribution in [0.25, 0.3) is 11.0 Å². The van der Waals surface area contributed by atoms with E-state index in [1.165, 1.54) is 0 Å². The highest BCUT2D eigenvalue weighted by atomic mass is 32.1. The number of thiazole rings is 1. The lowest BCUT2D eigenvalue weighted by molar-refractivity contribution is -0.139. The monoisotopic (exact) mass is 442 g/mol. The molecule has 166 valence electrons. The third kappa shape index (κ3) is 5.31. The van der Waals surface area contributed by atoms with Gasteiger partial charge in [0.05, 0.1) is 22.2 Å². The standard InChI is InChI=1S/C23H30N4O3S/c1-5-17(6-2)27-20-8-7-15(22(28)26-19(23(29)30)9-14(3)4)10-18(20)25-21(27)11-16-12-31-13-24-16/h7-8,10,12-14,17,19H,5-6,9,11H2,1-4H3,(H,26,28)(H,29,30). The summed E-state index contributed by atoms with van der Waals surface area (Å²) in [6.07, 6.45) is 2.96. The van der Waals surface area contributed by atoms with Crippen LogP contribution in [0.3, 0.4) is 0 Å². The summed E-state index contributed by atoms with van der Waals surface area (Å²) in [5, 5.41) is 14.1. The van der Waals surface area contributed by atoms with Gasteiger partial charge in [0, 0.05) is 23.4 Å². The Morgan fingerprint density at radius 3 is 2.55 bits per heavy atom. The van der Waals surface area contributed by atoms with Gasteiger partial charge in [0.1, 0.15) is 11.9 Å². The van der Waals surface area contributed by atoms with Crippen LogP contribution in [0, 0.1) is 5.92 Å². The van der Waals surface area contributed by atoms with E-state index in [0.29, 0.717) is 24.4 Å². The van der Waals surface area contributed by atoms with Crippen molar-refractivity contribution in [2.75, 3.05) is 0 Å². The highest BCUT2D eigenvalue weighted by molar-refractivity contribution is 7.07. The number of benzene rings is 1. The molecule has 1 atom stereocenters.